The minimum Gasteiger partial charge on any atom is -0.304 e. The first kappa shape index (κ1) is 25.9. The summed E-state index contributed by atoms with van der Waals surface area (Å²) in [4.78, 5) is 5.05. The van der Waals surface area contributed by atoms with Gasteiger partial charge in [0.2, 0.25) is 0 Å². The van der Waals surface area contributed by atoms with Gasteiger partial charge in [0.1, 0.15) is 5.78 Å². The fourth-order valence-electron chi connectivity index (χ4n) is 6.21. The molecule has 2 saturated heterocycles. The third-order valence-corrected chi connectivity index (χ3v) is 11.8. The van der Waals surface area contributed by atoms with Gasteiger partial charge < -0.3 is 9.34 Å². The van der Waals surface area contributed by atoms with Crippen LogP contribution in [-0.4, -0.2) is 49.1 Å². The predicted octanol–water partition coefficient (Wildman–Crippen LogP) is 7.28. The zero-order chi connectivity index (χ0) is 26.7. The Morgan fingerprint density at radius 2 is 0.897 bits per heavy atom. The molecule has 5 nitrogen and oxygen atoms in total. The molecule has 2 unspecified atom stereocenters. The Morgan fingerprint density at radius 1 is 0.513 bits per heavy atom. The van der Waals surface area contributed by atoms with E-state index in [9.17, 15) is 0 Å². The van der Waals surface area contributed by atoms with E-state index in [1.807, 2.05) is 36.4 Å². The summed E-state index contributed by atoms with van der Waals surface area (Å²) in [5.74, 6) is -0.240. The molecule has 4 aromatic carbocycles. The van der Waals surface area contributed by atoms with Crippen LogP contribution in [0.1, 0.15) is 29.9 Å². The summed E-state index contributed by atoms with van der Waals surface area (Å²) in [5, 5.41) is 0. The molecule has 200 valence electrons. The summed E-state index contributed by atoms with van der Waals surface area (Å²) in [7, 11) is -3.16. The summed E-state index contributed by atoms with van der Waals surface area (Å²) in [6, 6.07) is 42.3. The van der Waals surface area contributed by atoms with Crippen molar-refractivity contribution in [2.24, 2.45) is 0 Å². The van der Waals surface area contributed by atoms with Crippen LogP contribution in [0.3, 0.4) is 0 Å². The molecule has 2 atom stereocenters. The Kier molecular flexibility index (Phi) is 7.56. The number of para-hydroxylation sites is 2. The second-order valence-electron chi connectivity index (χ2n) is 10.4. The van der Waals surface area contributed by atoms with E-state index < -0.39 is 7.44 Å². The number of anilines is 2. The van der Waals surface area contributed by atoms with Gasteiger partial charge in [-0.15, -0.1) is 0 Å². The molecule has 6 heteroatoms. The van der Waals surface area contributed by atoms with E-state index in [0.29, 0.717) is 6.04 Å². The van der Waals surface area contributed by atoms with Crippen LogP contribution in [0.2, 0.25) is 0 Å². The van der Waals surface area contributed by atoms with Crippen LogP contribution in [0.15, 0.2) is 121 Å². The maximum absolute atomic E-state index is 15.9. The lowest BCUT2D eigenvalue weighted by atomic mass is 10.1. The van der Waals surface area contributed by atoms with Crippen molar-refractivity contribution in [2.45, 2.75) is 18.7 Å². The predicted molar refractivity (Wildman–Crippen MR) is 162 cm³/mol. The molecule has 2 aliphatic heterocycles. The highest BCUT2D eigenvalue weighted by Crippen LogP contribution is 2.69. The van der Waals surface area contributed by atoms with Gasteiger partial charge in [-0.05, 0) is 42.3 Å². The van der Waals surface area contributed by atoms with Crippen molar-refractivity contribution in [1.82, 2.24) is 9.80 Å². The highest BCUT2D eigenvalue weighted by Gasteiger charge is 2.52. The second-order valence-corrected chi connectivity index (χ2v) is 13.1. The van der Waals surface area contributed by atoms with Gasteiger partial charge in [-0.1, -0.05) is 97.1 Å². The maximum atomic E-state index is 15.9. The van der Waals surface area contributed by atoms with Gasteiger partial charge in [-0.25, -0.2) is 0 Å². The van der Waals surface area contributed by atoms with Gasteiger partial charge in [0, 0.05) is 56.7 Å². The van der Waals surface area contributed by atoms with E-state index in [2.05, 4.69) is 111 Å². The number of rotatable bonds is 7. The Balaban J connectivity index is 1.38. The van der Waals surface area contributed by atoms with Crippen molar-refractivity contribution in [3.63, 3.8) is 0 Å². The minimum atomic E-state index is -3.16. The van der Waals surface area contributed by atoms with Crippen molar-refractivity contribution in [3.05, 3.63) is 132 Å². The summed E-state index contributed by atoms with van der Waals surface area (Å²) in [6.07, 6.45) is 0. The van der Waals surface area contributed by atoms with Gasteiger partial charge in [0.15, 0.2) is 0 Å². The zero-order valence-electron chi connectivity index (χ0n) is 22.6. The number of nitrogens with zero attached hydrogens (tertiary/aromatic N) is 4. The van der Waals surface area contributed by atoms with E-state index in [1.54, 1.807) is 0 Å². The maximum Gasteiger partial charge on any atom is 0.284 e. The van der Waals surface area contributed by atoms with Crippen molar-refractivity contribution in [2.75, 3.05) is 48.6 Å². The minimum absolute atomic E-state index is 0.240. The molecule has 0 bridgehead atoms. The summed E-state index contributed by atoms with van der Waals surface area (Å²) in [5.41, 5.74) is 4.52. The van der Waals surface area contributed by atoms with E-state index in [4.69, 9.17) is 0 Å². The van der Waals surface area contributed by atoms with Crippen LogP contribution in [0, 0.1) is 0 Å². The zero-order valence-corrected chi connectivity index (χ0v) is 23.5. The molecule has 39 heavy (non-hydrogen) atoms. The van der Waals surface area contributed by atoms with Gasteiger partial charge in [0.25, 0.3) is 7.44 Å². The molecule has 2 fully saturated rings. The molecule has 0 aliphatic carbocycles. The Morgan fingerprint density at radius 3 is 1.36 bits per heavy atom. The first-order chi connectivity index (χ1) is 19.2. The Labute approximate surface area is 232 Å². The average Bonchev–Trinajstić information content (AvgIpc) is 3.36. The molecule has 2 heterocycles. The largest absolute Gasteiger partial charge is 0.304 e. The number of hydrogen-bond acceptors (Lipinski definition) is 3. The van der Waals surface area contributed by atoms with Crippen LogP contribution in [0.4, 0.5) is 11.4 Å². The monoisotopic (exact) mass is 536 g/mol. The lowest BCUT2D eigenvalue weighted by Gasteiger charge is -2.46. The van der Waals surface area contributed by atoms with E-state index in [1.165, 1.54) is 5.56 Å². The van der Waals surface area contributed by atoms with Gasteiger partial charge in [-0.3, -0.25) is 14.4 Å². The fourth-order valence-corrected chi connectivity index (χ4v) is 9.90. The topological polar surface area (TPSA) is 30.0 Å². The van der Waals surface area contributed by atoms with Crippen molar-refractivity contribution < 1.29 is 4.57 Å². The van der Waals surface area contributed by atoms with Crippen LogP contribution in [-0.2, 0) is 4.57 Å². The summed E-state index contributed by atoms with van der Waals surface area (Å²) in [6.45, 7) is 7.37. The Hall–Kier alpha value is -3.37. The number of piperazine rings is 1. The van der Waals surface area contributed by atoms with Crippen molar-refractivity contribution >= 4 is 18.8 Å². The molecule has 0 spiro atoms. The third kappa shape index (κ3) is 5.03. The molecule has 0 amide bonds. The van der Waals surface area contributed by atoms with Crippen LogP contribution >= 0.6 is 7.44 Å². The SMILES string of the molecule is CC(c1ccccc1)N1CCN(C(c2ccccc2)P2(=O)N(c3ccccc3)CCN2c2ccccc2)CC1. The van der Waals surface area contributed by atoms with Crippen molar-refractivity contribution in [3.8, 4) is 0 Å². The lowest BCUT2D eigenvalue weighted by molar-refractivity contribution is 0.0924. The number of benzene rings is 4. The van der Waals surface area contributed by atoms with Crippen LogP contribution in [0.5, 0.6) is 0 Å². The quantitative estimate of drug-likeness (QED) is 0.232. The fraction of sp³-hybridized carbons (Fsp3) is 0.273. The van der Waals surface area contributed by atoms with Gasteiger partial charge in [-0.2, -0.15) is 0 Å². The molecule has 4 aromatic rings. The second kappa shape index (κ2) is 11.4. The molecule has 2 aliphatic rings. The highest BCUT2D eigenvalue weighted by atomic mass is 31.2. The van der Waals surface area contributed by atoms with Crippen LogP contribution < -0.4 is 9.34 Å². The average molecular weight is 537 g/mol. The molecule has 0 N–H and O–H groups in total. The van der Waals surface area contributed by atoms with Crippen molar-refractivity contribution in [1.29, 1.82) is 0 Å². The normalized spacial score (nSPS) is 19.6. The summed E-state index contributed by atoms with van der Waals surface area (Å²) >= 11 is 0. The molecule has 0 radical (unpaired) electrons. The van der Waals surface area contributed by atoms with E-state index >= 15 is 4.57 Å². The van der Waals surface area contributed by atoms with E-state index in [-0.39, 0.29) is 5.78 Å². The molecular weight excluding hydrogens is 499 g/mol. The first-order valence-electron chi connectivity index (χ1n) is 14.0. The molecule has 6 rings (SSSR count). The lowest BCUT2D eigenvalue weighted by Crippen LogP contribution is -2.49. The molecule has 0 aromatic heterocycles. The molecular formula is C33H37N4OP. The van der Waals surface area contributed by atoms with Gasteiger partial charge in [0.05, 0.1) is 0 Å². The standard InChI is InChI=1S/C33H37N4OP/c1-28(29-14-6-2-7-15-29)34-22-24-35(25-23-34)33(30-16-8-3-9-17-30)39(38)36(31-18-10-4-11-19-31)26-27-37(39)32-20-12-5-13-21-32/h2-21,28,33H,22-27H2,1H3. The highest BCUT2D eigenvalue weighted by molar-refractivity contribution is 7.67. The third-order valence-electron chi connectivity index (χ3n) is 8.26. The molecule has 0 saturated carbocycles. The van der Waals surface area contributed by atoms with E-state index in [0.717, 1.165) is 56.2 Å². The first-order valence-corrected chi connectivity index (χ1v) is 15.7. The van der Waals surface area contributed by atoms with Gasteiger partial charge >= 0.3 is 0 Å². The van der Waals surface area contributed by atoms with Crippen LogP contribution in [0.25, 0.3) is 0 Å². The summed E-state index contributed by atoms with van der Waals surface area (Å²) < 4.78 is 20.3. The number of hydrogen-bond donors (Lipinski definition) is 0. The smallest absolute Gasteiger partial charge is 0.284 e. The Bertz CT molecular complexity index is 1330.